The summed E-state index contributed by atoms with van der Waals surface area (Å²) in [6, 6.07) is 12.2. The maximum absolute atomic E-state index is 12.3. The van der Waals surface area contributed by atoms with Crippen LogP contribution in [0.15, 0.2) is 51.7 Å². The zero-order valence-electron chi connectivity index (χ0n) is 15.0. The molecule has 2 aromatic carbocycles. The lowest BCUT2D eigenvalue weighted by atomic mass is 10.0. The molecule has 0 amide bonds. The number of aryl methyl sites for hydroxylation is 2. The van der Waals surface area contributed by atoms with Gasteiger partial charge in [-0.2, -0.15) is 0 Å². The third kappa shape index (κ3) is 3.83. The first kappa shape index (κ1) is 17.9. The standard InChI is InChI=1S/C21H20O5/c1-13-8-18-17(10-20(22)26-19(18)9-14(13)2)12-25-21(23)16-6-4-15(5-7-16)11-24-3/h4-10H,11-12H2,1-3H3. The molecule has 5 nitrogen and oxygen atoms in total. The zero-order valence-corrected chi connectivity index (χ0v) is 15.0. The van der Waals surface area contributed by atoms with Crippen molar-refractivity contribution in [1.82, 2.24) is 0 Å². The van der Waals surface area contributed by atoms with Gasteiger partial charge < -0.3 is 13.9 Å². The molecular formula is C21H20O5. The largest absolute Gasteiger partial charge is 0.457 e. The van der Waals surface area contributed by atoms with Crippen LogP contribution in [-0.4, -0.2) is 13.1 Å². The van der Waals surface area contributed by atoms with Gasteiger partial charge in [0.25, 0.3) is 0 Å². The van der Waals surface area contributed by atoms with Crippen molar-refractivity contribution in [3.63, 3.8) is 0 Å². The first-order valence-corrected chi connectivity index (χ1v) is 8.27. The number of fused-ring (bicyclic) bond motifs is 1. The topological polar surface area (TPSA) is 65.7 Å². The van der Waals surface area contributed by atoms with Crippen molar-refractivity contribution in [2.24, 2.45) is 0 Å². The number of carbonyl (C=O) groups excluding carboxylic acids is 1. The summed E-state index contributed by atoms with van der Waals surface area (Å²) in [6.45, 7) is 4.43. The quantitative estimate of drug-likeness (QED) is 0.514. The molecule has 0 saturated carbocycles. The monoisotopic (exact) mass is 352 g/mol. The lowest BCUT2D eigenvalue weighted by molar-refractivity contribution is 0.0473. The number of benzene rings is 2. The van der Waals surface area contributed by atoms with E-state index in [4.69, 9.17) is 13.9 Å². The number of hydrogen-bond acceptors (Lipinski definition) is 5. The minimum Gasteiger partial charge on any atom is -0.457 e. The third-order valence-electron chi connectivity index (χ3n) is 4.30. The molecule has 0 aliphatic carbocycles. The number of methoxy groups -OCH3 is 1. The Morgan fingerprint density at radius 2 is 1.69 bits per heavy atom. The molecule has 0 aliphatic heterocycles. The number of hydrogen-bond donors (Lipinski definition) is 0. The molecule has 5 heteroatoms. The molecule has 0 atom stereocenters. The van der Waals surface area contributed by atoms with Gasteiger partial charge in [-0.25, -0.2) is 9.59 Å². The van der Waals surface area contributed by atoms with E-state index in [1.165, 1.54) is 6.07 Å². The molecule has 0 saturated heterocycles. The summed E-state index contributed by atoms with van der Waals surface area (Å²) < 4.78 is 15.7. The average molecular weight is 352 g/mol. The molecule has 0 bridgehead atoms. The Morgan fingerprint density at radius 3 is 2.38 bits per heavy atom. The SMILES string of the molecule is COCc1ccc(C(=O)OCc2cc(=O)oc3cc(C)c(C)cc23)cc1. The van der Waals surface area contributed by atoms with Crippen molar-refractivity contribution in [2.75, 3.05) is 7.11 Å². The normalized spacial score (nSPS) is 10.9. The number of ether oxygens (including phenoxy) is 2. The Labute approximate surface area is 151 Å². The van der Waals surface area contributed by atoms with Crippen LogP contribution >= 0.6 is 0 Å². The van der Waals surface area contributed by atoms with Crippen LogP contribution in [0.3, 0.4) is 0 Å². The Bertz CT molecular complexity index is 999. The molecule has 0 aliphatic rings. The summed E-state index contributed by atoms with van der Waals surface area (Å²) in [5.41, 5.74) is 4.19. The van der Waals surface area contributed by atoms with Gasteiger partial charge in [0.15, 0.2) is 0 Å². The van der Waals surface area contributed by atoms with Crippen LogP contribution in [0, 0.1) is 13.8 Å². The second-order valence-electron chi connectivity index (χ2n) is 6.23. The van der Waals surface area contributed by atoms with Crippen molar-refractivity contribution in [3.05, 3.63) is 80.7 Å². The molecule has 1 heterocycles. The number of carbonyl (C=O) groups is 1. The van der Waals surface area contributed by atoms with Gasteiger partial charge in [-0.05, 0) is 54.8 Å². The van der Waals surface area contributed by atoms with E-state index in [9.17, 15) is 9.59 Å². The summed E-state index contributed by atoms with van der Waals surface area (Å²) in [5.74, 6) is -0.445. The van der Waals surface area contributed by atoms with Crippen molar-refractivity contribution < 1.29 is 18.7 Å². The molecule has 26 heavy (non-hydrogen) atoms. The maximum atomic E-state index is 12.3. The highest BCUT2D eigenvalue weighted by Crippen LogP contribution is 2.22. The fourth-order valence-electron chi connectivity index (χ4n) is 2.73. The average Bonchev–Trinajstić information content (AvgIpc) is 2.62. The Morgan fingerprint density at radius 1 is 1.00 bits per heavy atom. The summed E-state index contributed by atoms with van der Waals surface area (Å²) in [6.07, 6.45) is 0. The second-order valence-corrected chi connectivity index (χ2v) is 6.23. The Balaban J connectivity index is 1.81. The van der Waals surface area contributed by atoms with Crippen LogP contribution in [0.25, 0.3) is 11.0 Å². The fourth-order valence-corrected chi connectivity index (χ4v) is 2.73. The van der Waals surface area contributed by atoms with Gasteiger partial charge in [-0.3, -0.25) is 0 Å². The van der Waals surface area contributed by atoms with E-state index in [0.29, 0.717) is 23.3 Å². The minimum absolute atomic E-state index is 0.00323. The predicted octanol–water partition coefficient (Wildman–Crippen LogP) is 3.91. The van der Waals surface area contributed by atoms with Crippen molar-refractivity contribution >= 4 is 16.9 Å². The molecule has 134 valence electrons. The van der Waals surface area contributed by atoms with Crippen molar-refractivity contribution in [3.8, 4) is 0 Å². The molecule has 1 aromatic heterocycles. The summed E-state index contributed by atoms with van der Waals surface area (Å²) >= 11 is 0. The number of rotatable bonds is 5. The molecule has 0 unspecified atom stereocenters. The van der Waals surface area contributed by atoms with Gasteiger partial charge in [-0.15, -0.1) is 0 Å². The lowest BCUT2D eigenvalue weighted by Crippen LogP contribution is -2.08. The summed E-state index contributed by atoms with van der Waals surface area (Å²) in [5, 5.41) is 0.774. The van der Waals surface area contributed by atoms with E-state index < -0.39 is 11.6 Å². The van der Waals surface area contributed by atoms with Crippen LogP contribution in [0.4, 0.5) is 0 Å². The van der Waals surface area contributed by atoms with E-state index in [0.717, 1.165) is 22.1 Å². The van der Waals surface area contributed by atoms with Crippen molar-refractivity contribution in [2.45, 2.75) is 27.1 Å². The summed E-state index contributed by atoms with van der Waals surface area (Å²) in [4.78, 5) is 24.1. The van der Waals surface area contributed by atoms with Crippen LogP contribution in [0.2, 0.25) is 0 Å². The first-order valence-electron chi connectivity index (χ1n) is 8.27. The number of esters is 1. The highest BCUT2D eigenvalue weighted by molar-refractivity contribution is 5.89. The van der Waals surface area contributed by atoms with Gasteiger partial charge in [0.2, 0.25) is 0 Å². The molecule has 3 aromatic rings. The highest BCUT2D eigenvalue weighted by Gasteiger charge is 2.12. The van der Waals surface area contributed by atoms with E-state index >= 15 is 0 Å². The van der Waals surface area contributed by atoms with E-state index in [1.54, 1.807) is 19.2 Å². The molecule has 0 radical (unpaired) electrons. The molecule has 3 rings (SSSR count). The van der Waals surface area contributed by atoms with E-state index in [-0.39, 0.29) is 6.61 Å². The van der Waals surface area contributed by atoms with Crippen LogP contribution in [0.1, 0.15) is 32.6 Å². The first-order chi connectivity index (χ1) is 12.5. The second kappa shape index (κ2) is 7.54. The van der Waals surface area contributed by atoms with E-state index in [2.05, 4.69) is 0 Å². The highest BCUT2D eigenvalue weighted by atomic mass is 16.5. The molecule has 0 fully saturated rings. The van der Waals surface area contributed by atoms with Gasteiger partial charge >= 0.3 is 11.6 Å². The van der Waals surface area contributed by atoms with Crippen LogP contribution in [-0.2, 0) is 22.7 Å². The zero-order chi connectivity index (χ0) is 18.7. The molecular weight excluding hydrogens is 332 g/mol. The summed E-state index contributed by atoms with van der Waals surface area (Å²) in [7, 11) is 1.62. The minimum atomic E-state index is -0.462. The third-order valence-corrected chi connectivity index (χ3v) is 4.30. The predicted molar refractivity (Wildman–Crippen MR) is 98.2 cm³/mol. The Kier molecular flexibility index (Phi) is 5.19. The van der Waals surface area contributed by atoms with Gasteiger partial charge in [0.1, 0.15) is 12.2 Å². The van der Waals surface area contributed by atoms with E-state index in [1.807, 2.05) is 38.1 Å². The maximum Gasteiger partial charge on any atom is 0.338 e. The van der Waals surface area contributed by atoms with Crippen LogP contribution in [0.5, 0.6) is 0 Å². The van der Waals surface area contributed by atoms with Crippen molar-refractivity contribution in [1.29, 1.82) is 0 Å². The fraction of sp³-hybridized carbons (Fsp3) is 0.238. The smallest absolute Gasteiger partial charge is 0.338 e. The van der Waals surface area contributed by atoms with Gasteiger partial charge in [0, 0.05) is 24.1 Å². The molecule has 0 spiro atoms. The Hall–Kier alpha value is -2.92. The lowest BCUT2D eigenvalue weighted by Gasteiger charge is -2.09. The molecule has 0 N–H and O–H groups in total. The van der Waals surface area contributed by atoms with Crippen LogP contribution < -0.4 is 5.63 Å². The van der Waals surface area contributed by atoms with Gasteiger partial charge in [-0.1, -0.05) is 12.1 Å². The van der Waals surface area contributed by atoms with Gasteiger partial charge in [0.05, 0.1) is 12.2 Å².